The van der Waals surface area contributed by atoms with Crippen LogP contribution in [0, 0.1) is 0 Å². The molecule has 0 radical (unpaired) electrons. The maximum absolute atomic E-state index is 4.70. The minimum Gasteiger partial charge on any atom is -0.244 e. The van der Waals surface area contributed by atoms with Crippen molar-refractivity contribution >= 4 is 27.6 Å². The van der Waals surface area contributed by atoms with Crippen molar-refractivity contribution in [3.05, 3.63) is 95.0 Å². The van der Waals surface area contributed by atoms with Crippen LogP contribution in [0.3, 0.4) is 0 Å². The van der Waals surface area contributed by atoms with Gasteiger partial charge in [-0.25, -0.2) is 10.4 Å². The monoisotopic (exact) mass is 443 g/mol. The van der Waals surface area contributed by atoms with Crippen LogP contribution in [-0.2, 0) is 0 Å². The van der Waals surface area contributed by atoms with Gasteiger partial charge in [0.05, 0.1) is 5.71 Å². The van der Waals surface area contributed by atoms with E-state index in [0.717, 1.165) is 38.3 Å². The second-order valence-corrected chi connectivity index (χ2v) is 7.30. The summed E-state index contributed by atoms with van der Waals surface area (Å²) < 4.78 is 1.03. The Labute approximate surface area is 177 Å². The minimum absolute atomic E-state index is 0.347. The smallest absolute Gasteiger partial charge is 0.244 e. The van der Waals surface area contributed by atoms with Gasteiger partial charge in [-0.1, -0.05) is 88.7 Å². The van der Waals surface area contributed by atoms with Gasteiger partial charge in [-0.05, 0) is 24.6 Å². The lowest BCUT2D eigenvalue weighted by atomic mass is 10.0. The average Bonchev–Trinajstić information content (AvgIpc) is 2.79. The van der Waals surface area contributed by atoms with E-state index in [2.05, 4.69) is 36.7 Å². The summed E-state index contributed by atoms with van der Waals surface area (Å²) in [6.45, 7) is 1.93. The maximum atomic E-state index is 4.70. The van der Waals surface area contributed by atoms with Crippen LogP contribution >= 0.6 is 15.9 Å². The summed E-state index contributed by atoms with van der Waals surface area (Å²) in [6, 6.07) is 27.8. The third-order valence-corrected chi connectivity index (χ3v) is 4.90. The van der Waals surface area contributed by atoms with E-state index in [9.17, 15) is 0 Å². The number of benzene rings is 3. The lowest BCUT2D eigenvalue weighted by Crippen LogP contribution is -2.05. The maximum Gasteiger partial charge on any atom is 0.263 e. The lowest BCUT2D eigenvalue weighted by molar-refractivity contribution is 0.972. The van der Waals surface area contributed by atoms with Crippen molar-refractivity contribution in [2.75, 3.05) is 5.43 Å². The lowest BCUT2D eigenvalue weighted by Gasteiger charge is -2.09. The Hall–Kier alpha value is -3.38. The Bertz CT molecular complexity index is 1130. The predicted molar refractivity (Wildman–Crippen MR) is 121 cm³/mol. The van der Waals surface area contributed by atoms with Crippen LogP contribution < -0.4 is 5.43 Å². The molecule has 0 spiro atoms. The molecular weight excluding hydrogens is 426 g/mol. The predicted octanol–water partition coefficient (Wildman–Crippen LogP) is 5.80. The molecule has 1 aromatic heterocycles. The number of hydrogen-bond acceptors (Lipinski definition) is 5. The van der Waals surface area contributed by atoms with Gasteiger partial charge >= 0.3 is 0 Å². The molecule has 142 valence electrons. The van der Waals surface area contributed by atoms with E-state index in [4.69, 9.17) is 4.98 Å². The Kier molecular flexibility index (Phi) is 5.72. The highest BCUT2D eigenvalue weighted by Gasteiger charge is 2.13. The number of nitrogens with one attached hydrogen (secondary N) is 1. The van der Waals surface area contributed by atoms with Crippen LogP contribution in [0.2, 0.25) is 0 Å². The first-order valence-corrected chi connectivity index (χ1v) is 9.92. The number of rotatable bonds is 5. The summed E-state index contributed by atoms with van der Waals surface area (Å²) in [5, 5.41) is 13.1. The third kappa shape index (κ3) is 4.55. The van der Waals surface area contributed by atoms with Gasteiger partial charge < -0.3 is 0 Å². The minimum atomic E-state index is 0.347. The molecule has 0 saturated carbocycles. The van der Waals surface area contributed by atoms with E-state index in [1.165, 1.54) is 0 Å². The van der Waals surface area contributed by atoms with Gasteiger partial charge in [0.2, 0.25) is 0 Å². The molecule has 4 rings (SSSR count). The first-order valence-electron chi connectivity index (χ1n) is 9.12. The van der Waals surface area contributed by atoms with Crippen molar-refractivity contribution in [2.24, 2.45) is 5.10 Å². The normalized spacial score (nSPS) is 11.3. The van der Waals surface area contributed by atoms with E-state index in [-0.39, 0.29) is 0 Å². The third-order valence-electron chi connectivity index (χ3n) is 4.37. The second kappa shape index (κ2) is 8.75. The van der Waals surface area contributed by atoms with E-state index >= 15 is 0 Å². The van der Waals surface area contributed by atoms with Crippen LogP contribution in [0.25, 0.3) is 22.5 Å². The van der Waals surface area contributed by atoms with Gasteiger partial charge in [0.15, 0.2) is 0 Å². The average molecular weight is 444 g/mol. The molecule has 0 fully saturated rings. The second-order valence-electron chi connectivity index (χ2n) is 6.38. The van der Waals surface area contributed by atoms with Crippen LogP contribution in [0.1, 0.15) is 12.5 Å². The fraction of sp³-hybridized carbons (Fsp3) is 0.0435. The molecule has 0 amide bonds. The summed E-state index contributed by atoms with van der Waals surface area (Å²) in [5.41, 5.74) is 8.20. The molecule has 0 atom stereocenters. The summed E-state index contributed by atoms with van der Waals surface area (Å²) in [7, 11) is 0. The molecule has 6 heteroatoms. The van der Waals surface area contributed by atoms with Crippen molar-refractivity contribution in [1.82, 2.24) is 15.2 Å². The fourth-order valence-electron chi connectivity index (χ4n) is 2.85. The largest absolute Gasteiger partial charge is 0.263 e. The number of hydrogen-bond donors (Lipinski definition) is 1. The zero-order valence-corrected chi connectivity index (χ0v) is 17.3. The van der Waals surface area contributed by atoms with E-state index < -0.39 is 0 Å². The van der Waals surface area contributed by atoms with Gasteiger partial charge in [-0.15, -0.1) is 10.2 Å². The van der Waals surface area contributed by atoms with Crippen LogP contribution in [0.5, 0.6) is 0 Å². The molecule has 3 aromatic carbocycles. The van der Waals surface area contributed by atoms with Gasteiger partial charge in [0.25, 0.3) is 5.95 Å². The highest BCUT2D eigenvalue weighted by molar-refractivity contribution is 9.10. The number of aromatic nitrogens is 3. The quantitative estimate of drug-likeness (QED) is 0.312. The highest BCUT2D eigenvalue weighted by atomic mass is 79.9. The molecule has 1 heterocycles. The first-order chi connectivity index (χ1) is 14.2. The zero-order chi connectivity index (χ0) is 20.1. The molecule has 0 aliphatic heterocycles. The molecule has 4 aromatic rings. The van der Waals surface area contributed by atoms with Crippen molar-refractivity contribution in [1.29, 1.82) is 0 Å². The Morgan fingerprint density at radius 3 is 1.97 bits per heavy atom. The molecule has 0 unspecified atom stereocenters. The molecule has 1 N–H and O–H groups in total. The molecule has 0 bridgehead atoms. The van der Waals surface area contributed by atoms with E-state index in [1.807, 2.05) is 91.9 Å². The number of hydrazone groups is 1. The molecule has 29 heavy (non-hydrogen) atoms. The van der Waals surface area contributed by atoms with Gasteiger partial charge in [-0.2, -0.15) is 5.10 Å². The zero-order valence-electron chi connectivity index (χ0n) is 15.7. The first kappa shape index (κ1) is 19.0. The number of halogens is 1. The molecular formula is C23H18BrN5. The molecule has 5 nitrogen and oxygen atoms in total. The Morgan fingerprint density at radius 2 is 1.34 bits per heavy atom. The van der Waals surface area contributed by atoms with Gasteiger partial charge in [0.1, 0.15) is 11.4 Å². The topological polar surface area (TPSA) is 63.1 Å². The van der Waals surface area contributed by atoms with Gasteiger partial charge in [-0.3, -0.25) is 0 Å². The van der Waals surface area contributed by atoms with Crippen LogP contribution in [0.4, 0.5) is 5.95 Å². The van der Waals surface area contributed by atoms with Crippen LogP contribution in [0.15, 0.2) is 94.5 Å². The SMILES string of the molecule is C/C(=N\Nc1nnc(-c2ccccc2)c(-c2ccccc2)n1)c1ccc(Br)cc1. The van der Waals surface area contributed by atoms with Gasteiger partial charge in [0, 0.05) is 15.6 Å². The molecule has 0 saturated heterocycles. The summed E-state index contributed by atoms with van der Waals surface area (Å²) >= 11 is 3.44. The van der Waals surface area contributed by atoms with Crippen molar-refractivity contribution in [2.45, 2.75) is 6.92 Å². The highest BCUT2D eigenvalue weighted by Crippen LogP contribution is 2.28. The van der Waals surface area contributed by atoms with Crippen molar-refractivity contribution in [3.63, 3.8) is 0 Å². The summed E-state index contributed by atoms with van der Waals surface area (Å²) in [6.07, 6.45) is 0. The number of anilines is 1. The Balaban J connectivity index is 1.68. The fourth-order valence-corrected chi connectivity index (χ4v) is 3.11. The molecule has 0 aliphatic rings. The summed E-state index contributed by atoms with van der Waals surface area (Å²) in [4.78, 5) is 4.70. The Morgan fingerprint density at radius 1 is 0.759 bits per heavy atom. The van der Waals surface area contributed by atoms with Crippen molar-refractivity contribution < 1.29 is 0 Å². The van der Waals surface area contributed by atoms with Crippen LogP contribution in [-0.4, -0.2) is 20.9 Å². The van der Waals surface area contributed by atoms with E-state index in [1.54, 1.807) is 0 Å². The molecule has 0 aliphatic carbocycles. The van der Waals surface area contributed by atoms with E-state index in [0.29, 0.717) is 5.95 Å². The standard InChI is InChI=1S/C23H18BrN5/c1-16(17-12-14-20(24)15-13-17)26-28-23-25-21(18-8-4-2-5-9-18)22(27-29-23)19-10-6-3-7-11-19/h2-15H,1H3,(H,25,28,29)/b26-16+. The van der Waals surface area contributed by atoms with Crippen molar-refractivity contribution in [3.8, 4) is 22.5 Å². The summed E-state index contributed by atoms with van der Waals surface area (Å²) in [5.74, 6) is 0.347. The number of nitrogens with zero attached hydrogens (tertiary/aromatic N) is 4.